The summed E-state index contributed by atoms with van der Waals surface area (Å²) in [6, 6.07) is 12.8. The Morgan fingerprint density at radius 3 is 2.87 bits per heavy atom. The maximum absolute atomic E-state index is 5.34. The monoisotopic (exact) mass is 535 g/mol. The molecule has 0 radical (unpaired) electrons. The Balaban J connectivity index is 0.00000272. The van der Waals surface area contributed by atoms with Gasteiger partial charge in [0.15, 0.2) is 11.7 Å². The Hall–Kier alpha value is -2.56. The van der Waals surface area contributed by atoms with Crippen molar-refractivity contribution in [2.75, 3.05) is 24.5 Å². The van der Waals surface area contributed by atoms with E-state index in [4.69, 9.17) is 9.41 Å². The molecule has 8 nitrogen and oxygen atoms in total. The van der Waals surface area contributed by atoms with Gasteiger partial charge >= 0.3 is 0 Å². The van der Waals surface area contributed by atoms with Gasteiger partial charge < -0.3 is 20.0 Å². The van der Waals surface area contributed by atoms with E-state index in [-0.39, 0.29) is 24.0 Å². The zero-order valence-corrected chi connectivity index (χ0v) is 20.3. The third-order valence-electron chi connectivity index (χ3n) is 5.17. The molecule has 1 aliphatic heterocycles. The minimum Gasteiger partial charge on any atom is -0.461 e. The highest BCUT2D eigenvalue weighted by Crippen LogP contribution is 2.20. The van der Waals surface area contributed by atoms with E-state index in [0.29, 0.717) is 30.0 Å². The molecule has 1 atom stereocenters. The summed E-state index contributed by atoms with van der Waals surface area (Å²) in [5.74, 6) is 2.68. The Morgan fingerprint density at radius 1 is 1.29 bits per heavy atom. The summed E-state index contributed by atoms with van der Waals surface area (Å²) < 4.78 is 5.34. The lowest BCUT2D eigenvalue weighted by atomic mass is 10.0. The summed E-state index contributed by atoms with van der Waals surface area (Å²) in [7, 11) is 0. The summed E-state index contributed by atoms with van der Waals surface area (Å²) in [5.41, 5.74) is 2.57. The van der Waals surface area contributed by atoms with Crippen LogP contribution in [0.1, 0.15) is 31.2 Å². The van der Waals surface area contributed by atoms with Crippen LogP contribution in [0.25, 0.3) is 11.6 Å². The smallest absolute Gasteiger partial charge is 0.216 e. The minimum atomic E-state index is 0. The van der Waals surface area contributed by atoms with Crippen LogP contribution in [-0.4, -0.2) is 46.8 Å². The fraction of sp³-hybridized carbons (Fsp3) is 0.409. The van der Waals surface area contributed by atoms with E-state index in [0.717, 1.165) is 38.4 Å². The average Bonchev–Trinajstić information content (AvgIpc) is 3.45. The molecule has 0 spiro atoms. The molecule has 0 aliphatic carbocycles. The number of aromatic nitrogens is 3. The van der Waals surface area contributed by atoms with Crippen LogP contribution in [0.4, 0.5) is 5.69 Å². The van der Waals surface area contributed by atoms with Crippen LogP contribution in [-0.2, 0) is 6.54 Å². The summed E-state index contributed by atoms with van der Waals surface area (Å²) in [4.78, 5) is 11.6. The van der Waals surface area contributed by atoms with Crippen molar-refractivity contribution in [1.82, 2.24) is 25.8 Å². The van der Waals surface area contributed by atoms with Gasteiger partial charge in [0.2, 0.25) is 5.82 Å². The number of halogens is 1. The Kier molecular flexibility index (Phi) is 8.33. The molecular formula is C22H30IN7O. The van der Waals surface area contributed by atoms with Crippen LogP contribution in [0.3, 0.4) is 0 Å². The molecule has 0 saturated carbocycles. The number of nitrogens with zero attached hydrogens (tertiary/aromatic N) is 4. The van der Waals surface area contributed by atoms with Crippen molar-refractivity contribution in [3.63, 3.8) is 0 Å². The standard InChI is InChI=1S/C22H29N7O.HI/c1-3-23-22(24-14-20-26-21(28-27-20)19-7-5-13-30-19)25-17-6-4-12-29(15-17)18-10-8-16(2)9-11-18;/h5,7-11,13,17H,3-4,6,12,14-15H2,1-2H3,(H2,23,24,25)(H,26,27,28);1H. The Bertz CT molecular complexity index is 953. The highest BCUT2D eigenvalue weighted by Gasteiger charge is 2.21. The average molecular weight is 535 g/mol. The van der Waals surface area contributed by atoms with Gasteiger partial charge in [-0.15, -0.1) is 29.1 Å². The predicted octanol–water partition coefficient (Wildman–Crippen LogP) is 3.72. The normalized spacial score (nSPS) is 16.6. The second-order valence-electron chi connectivity index (χ2n) is 7.54. The predicted molar refractivity (Wildman–Crippen MR) is 134 cm³/mol. The minimum absolute atomic E-state index is 0. The molecular weight excluding hydrogens is 505 g/mol. The molecule has 2 aromatic heterocycles. The van der Waals surface area contributed by atoms with E-state index < -0.39 is 0 Å². The second-order valence-corrected chi connectivity index (χ2v) is 7.54. The molecule has 9 heteroatoms. The van der Waals surface area contributed by atoms with Crippen LogP contribution < -0.4 is 15.5 Å². The second kappa shape index (κ2) is 11.2. The van der Waals surface area contributed by atoms with E-state index >= 15 is 0 Å². The highest BCUT2D eigenvalue weighted by molar-refractivity contribution is 14.0. The van der Waals surface area contributed by atoms with E-state index in [1.165, 1.54) is 11.3 Å². The van der Waals surface area contributed by atoms with Gasteiger partial charge in [-0.3, -0.25) is 5.10 Å². The fourth-order valence-electron chi connectivity index (χ4n) is 3.63. The SMILES string of the molecule is CCNC(=NCc1nc(-c2ccco2)n[nH]1)NC1CCCN(c2ccc(C)cc2)C1.I. The van der Waals surface area contributed by atoms with Crippen molar-refractivity contribution in [3.8, 4) is 11.6 Å². The van der Waals surface area contributed by atoms with Crippen molar-refractivity contribution in [3.05, 3.63) is 54.0 Å². The van der Waals surface area contributed by atoms with Crippen molar-refractivity contribution in [2.24, 2.45) is 4.99 Å². The molecule has 1 aromatic carbocycles. The summed E-state index contributed by atoms with van der Waals surface area (Å²) in [5, 5.41) is 14.1. The van der Waals surface area contributed by atoms with Gasteiger partial charge in [-0.1, -0.05) is 17.7 Å². The first-order valence-electron chi connectivity index (χ1n) is 10.5. The Labute approximate surface area is 199 Å². The number of nitrogens with one attached hydrogen (secondary N) is 3. The number of hydrogen-bond donors (Lipinski definition) is 3. The lowest BCUT2D eigenvalue weighted by Crippen LogP contribution is -2.51. The molecule has 166 valence electrons. The Morgan fingerprint density at radius 2 is 2.13 bits per heavy atom. The van der Waals surface area contributed by atoms with Crippen LogP contribution in [0.2, 0.25) is 0 Å². The third-order valence-corrected chi connectivity index (χ3v) is 5.17. The first-order chi connectivity index (χ1) is 14.7. The van der Waals surface area contributed by atoms with Gasteiger partial charge in [0.25, 0.3) is 0 Å². The summed E-state index contributed by atoms with van der Waals surface area (Å²) >= 11 is 0. The summed E-state index contributed by atoms with van der Waals surface area (Å²) in [6.45, 7) is 7.45. The molecule has 1 unspecified atom stereocenters. The zero-order chi connectivity index (χ0) is 20.8. The van der Waals surface area contributed by atoms with Crippen molar-refractivity contribution < 1.29 is 4.42 Å². The molecule has 3 heterocycles. The molecule has 1 aliphatic rings. The van der Waals surface area contributed by atoms with Crippen LogP contribution in [0, 0.1) is 6.92 Å². The number of anilines is 1. The first kappa shape index (κ1) is 23.1. The molecule has 4 rings (SSSR count). The molecule has 31 heavy (non-hydrogen) atoms. The number of rotatable bonds is 6. The van der Waals surface area contributed by atoms with E-state index in [1.54, 1.807) is 6.26 Å². The number of guanidine groups is 1. The van der Waals surface area contributed by atoms with E-state index in [9.17, 15) is 0 Å². The number of hydrogen-bond acceptors (Lipinski definition) is 5. The quantitative estimate of drug-likeness (QED) is 0.253. The van der Waals surface area contributed by atoms with Gasteiger partial charge in [0, 0.05) is 31.4 Å². The number of aliphatic imine (C=N–C) groups is 1. The number of piperidine rings is 1. The number of furan rings is 1. The molecule has 3 N–H and O–H groups in total. The van der Waals surface area contributed by atoms with Gasteiger partial charge in [0.1, 0.15) is 12.4 Å². The number of aryl methyl sites for hydroxylation is 1. The van der Waals surface area contributed by atoms with E-state index in [1.807, 2.05) is 12.1 Å². The maximum atomic E-state index is 5.34. The van der Waals surface area contributed by atoms with Gasteiger partial charge in [-0.2, -0.15) is 0 Å². The fourth-order valence-corrected chi connectivity index (χ4v) is 3.63. The largest absolute Gasteiger partial charge is 0.461 e. The molecule has 3 aromatic rings. The van der Waals surface area contributed by atoms with Crippen LogP contribution >= 0.6 is 24.0 Å². The first-order valence-corrected chi connectivity index (χ1v) is 10.5. The van der Waals surface area contributed by atoms with Crippen molar-refractivity contribution in [1.29, 1.82) is 0 Å². The molecule has 1 saturated heterocycles. The highest BCUT2D eigenvalue weighted by atomic mass is 127. The topological polar surface area (TPSA) is 94.4 Å². The zero-order valence-electron chi connectivity index (χ0n) is 18.0. The maximum Gasteiger partial charge on any atom is 0.216 e. The van der Waals surface area contributed by atoms with Gasteiger partial charge in [0.05, 0.1) is 6.26 Å². The lowest BCUT2D eigenvalue weighted by Gasteiger charge is -2.35. The molecule has 0 amide bonds. The number of aromatic amines is 1. The molecule has 1 fully saturated rings. The summed E-state index contributed by atoms with van der Waals surface area (Å²) in [6.07, 6.45) is 3.89. The lowest BCUT2D eigenvalue weighted by molar-refractivity contribution is 0.468. The van der Waals surface area contributed by atoms with Crippen LogP contribution in [0.15, 0.2) is 52.1 Å². The van der Waals surface area contributed by atoms with Crippen LogP contribution in [0.5, 0.6) is 0 Å². The van der Waals surface area contributed by atoms with E-state index in [2.05, 4.69) is 68.8 Å². The van der Waals surface area contributed by atoms with Crippen molar-refractivity contribution in [2.45, 2.75) is 39.3 Å². The van der Waals surface area contributed by atoms with Crippen molar-refractivity contribution >= 4 is 35.6 Å². The number of benzene rings is 1. The molecule has 0 bridgehead atoms. The van der Waals surface area contributed by atoms with Gasteiger partial charge in [-0.25, -0.2) is 9.98 Å². The third kappa shape index (κ3) is 6.22. The number of H-pyrrole nitrogens is 1. The van der Waals surface area contributed by atoms with Gasteiger partial charge in [-0.05, 0) is 51.0 Å².